The number of sulfonamides is 1. The standard InChI is InChI=1S/C22H24N6O4S/c1-14-9-22(29,10-14)16-6-7-23-19(8-16)28-13-17(12-25-28)33(30,31)26-20-18(32-3)5-4-15-11-24-27(2)21(15)20/h4-8,11-14,26,29H,9-10H2,1-3H3. The average molecular weight is 469 g/mol. The summed E-state index contributed by atoms with van der Waals surface area (Å²) >= 11 is 0. The Morgan fingerprint density at radius 3 is 2.73 bits per heavy atom. The van der Waals surface area contributed by atoms with Crippen molar-refractivity contribution in [1.29, 1.82) is 0 Å². The number of aliphatic hydroxyl groups is 1. The first-order valence-corrected chi connectivity index (χ1v) is 11.9. The number of hydrogen-bond donors (Lipinski definition) is 2. The van der Waals surface area contributed by atoms with Gasteiger partial charge in [-0.1, -0.05) is 6.92 Å². The average Bonchev–Trinajstić information content (AvgIpc) is 3.41. The highest BCUT2D eigenvalue weighted by atomic mass is 32.2. The minimum Gasteiger partial charge on any atom is -0.494 e. The molecule has 5 rings (SSSR count). The molecule has 3 heterocycles. The fraction of sp³-hybridized carbons (Fsp3) is 0.318. The number of nitrogens with one attached hydrogen (secondary N) is 1. The second kappa shape index (κ2) is 7.56. The third-order valence-electron chi connectivity index (χ3n) is 6.08. The predicted octanol–water partition coefficient (Wildman–Crippen LogP) is 2.58. The topological polar surface area (TPSA) is 124 Å². The van der Waals surface area contributed by atoms with Crippen LogP contribution in [0.25, 0.3) is 16.7 Å². The normalized spacial score (nSPS) is 20.5. The van der Waals surface area contributed by atoms with E-state index in [4.69, 9.17) is 4.74 Å². The molecule has 1 aromatic carbocycles. The van der Waals surface area contributed by atoms with E-state index in [9.17, 15) is 13.5 Å². The second-order valence-corrected chi connectivity index (χ2v) is 10.2. The quantitative estimate of drug-likeness (QED) is 0.446. The number of rotatable bonds is 6. The number of pyridine rings is 1. The lowest BCUT2D eigenvalue weighted by Gasteiger charge is -2.42. The summed E-state index contributed by atoms with van der Waals surface area (Å²) in [4.78, 5) is 4.26. The van der Waals surface area contributed by atoms with Crippen molar-refractivity contribution in [2.24, 2.45) is 13.0 Å². The Morgan fingerprint density at radius 2 is 2.00 bits per heavy atom. The minimum absolute atomic E-state index is 0.0353. The number of nitrogens with zero attached hydrogens (tertiary/aromatic N) is 5. The van der Waals surface area contributed by atoms with Crippen molar-refractivity contribution in [3.63, 3.8) is 0 Å². The molecular weight excluding hydrogens is 444 g/mol. The highest BCUT2D eigenvalue weighted by molar-refractivity contribution is 7.92. The van der Waals surface area contributed by atoms with Crippen LogP contribution in [0.2, 0.25) is 0 Å². The lowest BCUT2D eigenvalue weighted by Crippen LogP contribution is -2.39. The Morgan fingerprint density at radius 1 is 1.21 bits per heavy atom. The van der Waals surface area contributed by atoms with Crippen molar-refractivity contribution in [2.75, 3.05) is 11.8 Å². The number of methoxy groups -OCH3 is 1. The lowest BCUT2D eigenvalue weighted by atomic mass is 9.68. The molecule has 4 aromatic rings. The largest absolute Gasteiger partial charge is 0.494 e. The lowest BCUT2D eigenvalue weighted by molar-refractivity contribution is -0.0739. The van der Waals surface area contributed by atoms with Gasteiger partial charge in [0.2, 0.25) is 0 Å². The number of anilines is 1. The van der Waals surface area contributed by atoms with Crippen molar-refractivity contribution >= 4 is 26.6 Å². The first-order chi connectivity index (χ1) is 15.7. The van der Waals surface area contributed by atoms with Gasteiger partial charge in [0, 0.05) is 18.6 Å². The summed E-state index contributed by atoms with van der Waals surface area (Å²) in [6.07, 6.45) is 7.25. The molecule has 1 aliphatic carbocycles. The number of ether oxygens (including phenoxy) is 1. The fourth-order valence-electron chi connectivity index (χ4n) is 4.44. The van der Waals surface area contributed by atoms with Gasteiger partial charge in [0.15, 0.2) is 5.82 Å². The second-order valence-electron chi connectivity index (χ2n) is 8.52. The van der Waals surface area contributed by atoms with E-state index in [0.29, 0.717) is 41.5 Å². The molecule has 0 saturated heterocycles. The zero-order valence-electron chi connectivity index (χ0n) is 18.4. The highest BCUT2D eigenvalue weighted by Gasteiger charge is 2.41. The maximum Gasteiger partial charge on any atom is 0.265 e. The summed E-state index contributed by atoms with van der Waals surface area (Å²) in [6, 6.07) is 7.01. The number of aromatic nitrogens is 5. The third-order valence-corrected chi connectivity index (χ3v) is 7.38. The number of aryl methyl sites for hydroxylation is 1. The van der Waals surface area contributed by atoms with Crippen molar-refractivity contribution in [3.05, 3.63) is 54.6 Å². The first-order valence-electron chi connectivity index (χ1n) is 10.5. The Labute approximate surface area is 190 Å². The maximum atomic E-state index is 13.2. The van der Waals surface area contributed by atoms with Crippen LogP contribution in [-0.2, 0) is 22.7 Å². The van der Waals surface area contributed by atoms with E-state index in [0.717, 1.165) is 10.9 Å². The molecule has 10 nitrogen and oxygen atoms in total. The van der Waals surface area contributed by atoms with Crippen LogP contribution in [0, 0.1) is 5.92 Å². The van der Waals surface area contributed by atoms with Gasteiger partial charge in [-0.3, -0.25) is 9.40 Å². The molecule has 3 aromatic heterocycles. The number of benzene rings is 1. The van der Waals surface area contributed by atoms with E-state index in [1.807, 2.05) is 6.07 Å². The zero-order valence-corrected chi connectivity index (χ0v) is 19.2. The molecule has 0 amide bonds. The number of hydrogen-bond acceptors (Lipinski definition) is 7. The maximum absolute atomic E-state index is 13.2. The molecule has 11 heteroatoms. The van der Waals surface area contributed by atoms with E-state index >= 15 is 0 Å². The van der Waals surface area contributed by atoms with Gasteiger partial charge >= 0.3 is 0 Å². The van der Waals surface area contributed by atoms with Crippen LogP contribution < -0.4 is 9.46 Å². The van der Waals surface area contributed by atoms with Crippen LogP contribution in [0.5, 0.6) is 5.75 Å². The van der Waals surface area contributed by atoms with Gasteiger partial charge in [0.25, 0.3) is 10.0 Å². The van der Waals surface area contributed by atoms with Crippen LogP contribution in [0.15, 0.2) is 53.9 Å². The predicted molar refractivity (Wildman–Crippen MR) is 122 cm³/mol. The van der Waals surface area contributed by atoms with E-state index in [2.05, 4.69) is 26.8 Å². The zero-order chi connectivity index (χ0) is 23.4. The van der Waals surface area contributed by atoms with E-state index in [1.54, 1.807) is 42.3 Å². The molecule has 33 heavy (non-hydrogen) atoms. The van der Waals surface area contributed by atoms with E-state index < -0.39 is 15.6 Å². The monoisotopic (exact) mass is 468 g/mol. The Bertz CT molecular complexity index is 1450. The smallest absolute Gasteiger partial charge is 0.265 e. The molecule has 0 unspecified atom stereocenters. The Kier molecular flexibility index (Phi) is 4.91. The third kappa shape index (κ3) is 3.62. The summed E-state index contributed by atoms with van der Waals surface area (Å²) < 4.78 is 37.4. The summed E-state index contributed by atoms with van der Waals surface area (Å²) in [6.45, 7) is 2.09. The molecule has 172 valence electrons. The molecule has 0 spiro atoms. The molecule has 1 aliphatic rings. The van der Waals surface area contributed by atoms with Crippen molar-refractivity contribution in [2.45, 2.75) is 30.3 Å². The van der Waals surface area contributed by atoms with Gasteiger partial charge < -0.3 is 9.84 Å². The van der Waals surface area contributed by atoms with E-state index in [-0.39, 0.29) is 4.90 Å². The summed E-state index contributed by atoms with van der Waals surface area (Å²) in [7, 11) is -0.786. The highest BCUT2D eigenvalue weighted by Crippen LogP contribution is 2.45. The molecule has 0 aliphatic heterocycles. The van der Waals surface area contributed by atoms with Crippen molar-refractivity contribution in [1.82, 2.24) is 24.5 Å². The number of fused-ring (bicyclic) bond motifs is 1. The van der Waals surface area contributed by atoms with Gasteiger partial charge in [-0.15, -0.1) is 0 Å². The minimum atomic E-state index is -3.99. The van der Waals surface area contributed by atoms with Crippen LogP contribution in [0.3, 0.4) is 0 Å². The molecule has 1 saturated carbocycles. The van der Waals surface area contributed by atoms with Crippen LogP contribution >= 0.6 is 0 Å². The fourth-order valence-corrected chi connectivity index (χ4v) is 5.45. The molecule has 0 bridgehead atoms. The van der Waals surface area contributed by atoms with Crippen molar-refractivity contribution in [3.8, 4) is 11.6 Å². The Balaban J connectivity index is 1.48. The molecule has 0 atom stereocenters. The van der Waals surface area contributed by atoms with Crippen LogP contribution in [-0.4, -0.2) is 45.2 Å². The van der Waals surface area contributed by atoms with Gasteiger partial charge in [-0.2, -0.15) is 10.2 Å². The summed E-state index contributed by atoms with van der Waals surface area (Å²) in [5, 5.41) is 20.0. The first kappa shape index (κ1) is 21.4. The summed E-state index contributed by atoms with van der Waals surface area (Å²) in [5.41, 5.74) is 0.766. The van der Waals surface area contributed by atoms with E-state index in [1.165, 1.54) is 24.2 Å². The molecular formula is C22H24N6O4S. The van der Waals surface area contributed by atoms with Gasteiger partial charge in [-0.25, -0.2) is 18.1 Å². The van der Waals surface area contributed by atoms with Crippen LogP contribution in [0.4, 0.5) is 5.69 Å². The van der Waals surface area contributed by atoms with Gasteiger partial charge in [0.1, 0.15) is 16.3 Å². The molecule has 1 fully saturated rings. The SMILES string of the molecule is COc1ccc2cnn(C)c2c1NS(=O)(=O)c1cnn(-c2cc(C3(O)CC(C)C3)ccn2)c1. The van der Waals surface area contributed by atoms with Gasteiger partial charge in [-0.05, 0) is 48.6 Å². The van der Waals surface area contributed by atoms with Crippen LogP contribution in [0.1, 0.15) is 25.3 Å². The summed E-state index contributed by atoms with van der Waals surface area (Å²) in [5.74, 6) is 1.26. The molecule has 2 N–H and O–H groups in total. The Hall–Kier alpha value is -3.44. The van der Waals surface area contributed by atoms with Crippen molar-refractivity contribution < 1.29 is 18.3 Å². The molecule has 0 radical (unpaired) electrons. The van der Waals surface area contributed by atoms with Gasteiger partial charge in [0.05, 0.1) is 36.8 Å².